The van der Waals surface area contributed by atoms with E-state index in [1.54, 1.807) is 0 Å². The predicted molar refractivity (Wildman–Crippen MR) is 62.2 cm³/mol. The summed E-state index contributed by atoms with van der Waals surface area (Å²) in [7, 11) is 0. The van der Waals surface area contributed by atoms with E-state index < -0.39 is 0 Å². The van der Waals surface area contributed by atoms with Crippen molar-refractivity contribution in [2.75, 3.05) is 13.1 Å². The Morgan fingerprint density at radius 1 is 1.14 bits per heavy atom. The highest BCUT2D eigenvalue weighted by Crippen LogP contribution is 2.08. The zero-order valence-electron chi connectivity index (χ0n) is 7.99. The van der Waals surface area contributed by atoms with Gasteiger partial charge in [0.15, 0.2) is 5.11 Å². The van der Waals surface area contributed by atoms with Crippen LogP contribution < -0.4 is 10.6 Å². The van der Waals surface area contributed by atoms with Gasteiger partial charge >= 0.3 is 0 Å². The van der Waals surface area contributed by atoms with Gasteiger partial charge in [-0.15, -0.1) is 0 Å². The molecule has 1 aromatic rings. The van der Waals surface area contributed by atoms with Crippen LogP contribution in [0.25, 0.3) is 0 Å². The van der Waals surface area contributed by atoms with Crippen LogP contribution in [-0.2, 0) is 6.42 Å². The van der Waals surface area contributed by atoms with E-state index in [1.807, 2.05) is 0 Å². The molecule has 1 heterocycles. The van der Waals surface area contributed by atoms with Gasteiger partial charge in [0.05, 0.1) is 0 Å². The number of thiocarbonyl (C=S) groups is 1. The highest BCUT2D eigenvalue weighted by atomic mass is 32.1. The van der Waals surface area contributed by atoms with Gasteiger partial charge in [0.25, 0.3) is 0 Å². The van der Waals surface area contributed by atoms with Crippen LogP contribution in [0.4, 0.5) is 0 Å². The van der Waals surface area contributed by atoms with Gasteiger partial charge in [0.1, 0.15) is 0 Å². The number of hydrogen-bond acceptors (Lipinski definition) is 1. The van der Waals surface area contributed by atoms with Gasteiger partial charge in [0, 0.05) is 13.1 Å². The Bertz CT molecular complexity index is 300. The van der Waals surface area contributed by atoms with Crippen molar-refractivity contribution in [2.45, 2.75) is 6.42 Å². The van der Waals surface area contributed by atoms with Crippen LogP contribution in [0.2, 0.25) is 0 Å². The highest BCUT2D eigenvalue weighted by molar-refractivity contribution is 7.80. The van der Waals surface area contributed by atoms with Gasteiger partial charge < -0.3 is 10.6 Å². The Hall–Kier alpha value is -1.09. The highest BCUT2D eigenvalue weighted by Gasteiger charge is 2.14. The van der Waals surface area contributed by atoms with E-state index >= 15 is 0 Å². The first-order valence-corrected chi connectivity index (χ1v) is 5.31. The van der Waals surface area contributed by atoms with Crippen LogP contribution >= 0.6 is 12.2 Å². The van der Waals surface area contributed by atoms with Crippen molar-refractivity contribution in [1.29, 1.82) is 0 Å². The van der Waals surface area contributed by atoms with Gasteiger partial charge in [0.2, 0.25) is 0 Å². The fraction of sp³-hybridized carbons (Fsp3) is 0.364. The van der Waals surface area contributed by atoms with Crippen LogP contribution in [0.1, 0.15) is 5.56 Å². The van der Waals surface area contributed by atoms with E-state index in [4.69, 9.17) is 12.2 Å². The molecule has 0 amide bonds. The van der Waals surface area contributed by atoms with Gasteiger partial charge in [-0.3, -0.25) is 0 Å². The fourth-order valence-corrected chi connectivity index (χ4v) is 1.87. The van der Waals surface area contributed by atoms with Gasteiger partial charge in [-0.2, -0.15) is 0 Å². The molecular weight excluding hydrogens is 192 g/mol. The second-order valence-corrected chi connectivity index (χ2v) is 4.05. The molecule has 0 atom stereocenters. The minimum Gasteiger partial charge on any atom is -0.362 e. The van der Waals surface area contributed by atoms with Gasteiger partial charge in [-0.05, 0) is 30.1 Å². The van der Waals surface area contributed by atoms with Crippen molar-refractivity contribution >= 4 is 17.3 Å². The smallest absolute Gasteiger partial charge is 0.166 e. The lowest BCUT2D eigenvalue weighted by atomic mass is 9.98. The zero-order chi connectivity index (χ0) is 9.80. The Morgan fingerprint density at radius 2 is 1.79 bits per heavy atom. The van der Waals surface area contributed by atoms with Gasteiger partial charge in [-0.1, -0.05) is 30.3 Å². The molecule has 0 saturated carbocycles. The molecule has 1 saturated heterocycles. The Balaban J connectivity index is 1.89. The van der Waals surface area contributed by atoms with Crippen molar-refractivity contribution in [3.63, 3.8) is 0 Å². The standard InChI is InChI=1S/C11H14N2S/c14-11-12-7-10(8-13-11)6-9-4-2-1-3-5-9/h1-5,10H,6-8H2,(H2,12,13,14). The van der Waals surface area contributed by atoms with E-state index in [1.165, 1.54) is 5.56 Å². The molecule has 14 heavy (non-hydrogen) atoms. The second-order valence-electron chi connectivity index (χ2n) is 3.65. The van der Waals surface area contributed by atoms with E-state index in [0.29, 0.717) is 5.92 Å². The molecule has 0 radical (unpaired) electrons. The summed E-state index contributed by atoms with van der Waals surface area (Å²) in [6.07, 6.45) is 1.11. The number of nitrogens with one attached hydrogen (secondary N) is 2. The summed E-state index contributed by atoms with van der Waals surface area (Å²) in [4.78, 5) is 0. The lowest BCUT2D eigenvalue weighted by molar-refractivity contribution is 0.471. The quantitative estimate of drug-likeness (QED) is 0.714. The van der Waals surface area contributed by atoms with E-state index in [0.717, 1.165) is 24.6 Å². The molecule has 0 aromatic heterocycles. The third-order valence-electron chi connectivity index (χ3n) is 2.47. The maximum Gasteiger partial charge on any atom is 0.166 e. The summed E-state index contributed by atoms with van der Waals surface area (Å²) in [5.74, 6) is 0.643. The number of rotatable bonds is 2. The molecule has 1 aliphatic rings. The first-order chi connectivity index (χ1) is 6.84. The maximum absolute atomic E-state index is 5.00. The summed E-state index contributed by atoms with van der Waals surface area (Å²) in [6, 6.07) is 10.6. The summed E-state index contributed by atoms with van der Waals surface area (Å²) in [6.45, 7) is 1.97. The molecule has 2 nitrogen and oxygen atoms in total. The normalized spacial score (nSPS) is 17.3. The van der Waals surface area contributed by atoms with Crippen LogP contribution in [0.3, 0.4) is 0 Å². The summed E-state index contributed by atoms with van der Waals surface area (Å²) in [5, 5.41) is 7.13. The maximum atomic E-state index is 5.00. The van der Waals surface area contributed by atoms with Crippen LogP contribution in [0, 0.1) is 5.92 Å². The summed E-state index contributed by atoms with van der Waals surface area (Å²) < 4.78 is 0. The minimum atomic E-state index is 0.643. The molecular formula is C11H14N2S. The lowest BCUT2D eigenvalue weighted by Gasteiger charge is -2.25. The van der Waals surface area contributed by atoms with Crippen LogP contribution in [0.5, 0.6) is 0 Å². The minimum absolute atomic E-state index is 0.643. The monoisotopic (exact) mass is 206 g/mol. The van der Waals surface area contributed by atoms with Crippen molar-refractivity contribution in [2.24, 2.45) is 5.92 Å². The molecule has 1 aliphatic heterocycles. The first kappa shape index (κ1) is 9.46. The molecule has 0 unspecified atom stereocenters. The molecule has 74 valence electrons. The third-order valence-corrected chi connectivity index (χ3v) is 2.76. The third kappa shape index (κ3) is 2.45. The van der Waals surface area contributed by atoms with E-state index in [2.05, 4.69) is 41.0 Å². The molecule has 0 aliphatic carbocycles. The summed E-state index contributed by atoms with van der Waals surface area (Å²) in [5.41, 5.74) is 1.40. The Labute approximate surface area is 89.7 Å². The topological polar surface area (TPSA) is 24.1 Å². The average Bonchev–Trinajstić information content (AvgIpc) is 2.23. The lowest BCUT2D eigenvalue weighted by Crippen LogP contribution is -2.48. The van der Waals surface area contributed by atoms with Crippen molar-refractivity contribution in [1.82, 2.24) is 10.6 Å². The Morgan fingerprint density at radius 3 is 2.43 bits per heavy atom. The molecule has 2 rings (SSSR count). The predicted octanol–water partition coefficient (Wildman–Crippen LogP) is 1.32. The summed E-state index contributed by atoms with van der Waals surface area (Å²) >= 11 is 5.00. The Kier molecular flexibility index (Phi) is 2.99. The zero-order valence-corrected chi connectivity index (χ0v) is 8.81. The van der Waals surface area contributed by atoms with Crippen LogP contribution in [-0.4, -0.2) is 18.2 Å². The molecule has 1 fully saturated rings. The molecule has 0 spiro atoms. The van der Waals surface area contributed by atoms with E-state index in [-0.39, 0.29) is 0 Å². The molecule has 0 bridgehead atoms. The average molecular weight is 206 g/mol. The van der Waals surface area contributed by atoms with Crippen LogP contribution in [0.15, 0.2) is 30.3 Å². The SMILES string of the molecule is S=C1NCC(Cc2ccccc2)CN1. The van der Waals surface area contributed by atoms with Crippen molar-refractivity contribution in [3.05, 3.63) is 35.9 Å². The number of hydrogen-bond donors (Lipinski definition) is 2. The van der Waals surface area contributed by atoms with Crippen molar-refractivity contribution in [3.8, 4) is 0 Å². The first-order valence-electron chi connectivity index (χ1n) is 4.90. The van der Waals surface area contributed by atoms with E-state index in [9.17, 15) is 0 Å². The molecule has 3 heteroatoms. The molecule has 1 aromatic carbocycles. The fourth-order valence-electron chi connectivity index (χ4n) is 1.70. The van der Waals surface area contributed by atoms with Gasteiger partial charge in [-0.25, -0.2) is 0 Å². The largest absolute Gasteiger partial charge is 0.362 e. The number of benzene rings is 1. The molecule has 2 N–H and O–H groups in total. The second kappa shape index (κ2) is 4.42. The van der Waals surface area contributed by atoms with Crippen molar-refractivity contribution < 1.29 is 0 Å².